The quantitative estimate of drug-likeness (QED) is 0.334. The van der Waals surface area contributed by atoms with E-state index in [1.54, 1.807) is 0 Å². The number of esters is 1. The standard InChI is InChI=1S/C20H15N3O6/c21-23-22-19-11-5-16-15(28-8-29-16)4-10(11)17(18-12(19)6-25-20(18)24)9-1-2-13-14(3-9)27-7-26-13/h1-5,12,17-19H,6-8H2/t12-,17-,18-,19+/m0/s1. The second-order valence-electron chi connectivity index (χ2n) is 7.39. The van der Waals surface area contributed by atoms with Crippen LogP contribution in [0.4, 0.5) is 0 Å². The Balaban J connectivity index is 1.59. The first-order valence-corrected chi connectivity index (χ1v) is 9.28. The summed E-state index contributed by atoms with van der Waals surface area (Å²) < 4.78 is 27.5. The van der Waals surface area contributed by atoms with Crippen LogP contribution in [0.2, 0.25) is 0 Å². The molecule has 0 bridgehead atoms. The minimum atomic E-state index is -0.522. The smallest absolute Gasteiger partial charge is 0.310 e. The van der Waals surface area contributed by atoms with E-state index >= 15 is 0 Å². The van der Waals surface area contributed by atoms with E-state index in [1.807, 2.05) is 30.3 Å². The van der Waals surface area contributed by atoms with Gasteiger partial charge in [0.1, 0.15) is 0 Å². The summed E-state index contributed by atoms with van der Waals surface area (Å²) in [5.41, 5.74) is 11.8. The molecule has 2 aromatic carbocycles. The van der Waals surface area contributed by atoms with Crippen molar-refractivity contribution in [3.05, 3.63) is 57.5 Å². The normalized spacial score (nSPS) is 27.7. The number of fused-ring (bicyclic) bond motifs is 4. The van der Waals surface area contributed by atoms with Crippen LogP contribution in [0.15, 0.2) is 35.4 Å². The van der Waals surface area contributed by atoms with E-state index in [1.165, 1.54) is 0 Å². The number of azide groups is 1. The van der Waals surface area contributed by atoms with Crippen LogP contribution in [-0.2, 0) is 9.53 Å². The van der Waals surface area contributed by atoms with E-state index in [4.69, 9.17) is 29.2 Å². The van der Waals surface area contributed by atoms with E-state index in [0.29, 0.717) is 23.0 Å². The van der Waals surface area contributed by atoms with Gasteiger partial charge in [0.15, 0.2) is 23.0 Å². The van der Waals surface area contributed by atoms with Crippen LogP contribution in [0.3, 0.4) is 0 Å². The fraction of sp³-hybridized carbons (Fsp3) is 0.350. The van der Waals surface area contributed by atoms with Gasteiger partial charge in [0.25, 0.3) is 0 Å². The van der Waals surface area contributed by atoms with Crippen molar-refractivity contribution in [3.8, 4) is 23.0 Å². The molecule has 9 heteroatoms. The van der Waals surface area contributed by atoms with Crippen LogP contribution >= 0.6 is 0 Å². The topological polar surface area (TPSA) is 112 Å². The second-order valence-corrected chi connectivity index (χ2v) is 7.39. The first kappa shape index (κ1) is 16.4. The van der Waals surface area contributed by atoms with Crippen molar-refractivity contribution in [1.29, 1.82) is 0 Å². The number of benzene rings is 2. The molecule has 146 valence electrons. The minimum absolute atomic E-state index is 0.133. The molecule has 1 saturated heterocycles. The molecule has 1 fully saturated rings. The molecule has 4 atom stereocenters. The lowest BCUT2D eigenvalue weighted by Gasteiger charge is -2.37. The maximum Gasteiger partial charge on any atom is 0.310 e. The van der Waals surface area contributed by atoms with Crippen molar-refractivity contribution in [3.63, 3.8) is 0 Å². The summed E-state index contributed by atoms with van der Waals surface area (Å²) in [5, 5.41) is 4.02. The van der Waals surface area contributed by atoms with Crippen LogP contribution in [-0.4, -0.2) is 26.2 Å². The highest BCUT2D eigenvalue weighted by Gasteiger charge is 2.52. The SMILES string of the molecule is [N-]=[N+]=N[C@@H]1c2cc3c(cc2[C@H](c2ccc4c(c2)OCO4)[C@H]2C(=O)OC[C@@H]21)OCO3. The monoisotopic (exact) mass is 393 g/mol. The van der Waals surface area contributed by atoms with Crippen LogP contribution in [0.25, 0.3) is 10.4 Å². The molecule has 4 aliphatic rings. The Labute approximate surface area is 164 Å². The predicted octanol–water partition coefficient (Wildman–Crippen LogP) is 3.43. The summed E-state index contributed by atoms with van der Waals surface area (Å²) in [4.78, 5) is 15.8. The molecule has 6 rings (SSSR count). The Morgan fingerprint density at radius 3 is 2.34 bits per heavy atom. The molecule has 2 aromatic rings. The van der Waals surface area contributed by atoms with Gasteiger partial charge in [0, 0.05) is 16.7 Å². The molecule has 29 heavy (non-hydrogen) atoms. The number of carbonyl (C=O) groups excluding carboxylic acids is 1. The van der Waals surface area contributed by atoms with Gasteiger partial charge < -0.3 is 23.7 Å². The molecule has 3 aliphatic heterocycles. The molecule has 1 aliphatic carbocycles. The fourth-order valence-electron chi connectivity index (χ4n) is 4.84. The van der Waals surface area contributed by atoms with Crippen LogP contribution in [0.1, 0.15) is 28.7 Å². The number of hydrogen-bond acceptors (Lipinski definition) is 7. The number of rotatable bonds is 2. The Hall–Kier alpha value is -3.58. The van der Waals surface area contributed by atoms with E-state index < -0.39 is 12.0 Å². The van der Waals surface area contributed by atoms with Crippen LogP contribution < -0.4 is 18.9 Å². The summed E-state index contributed by atoms with van der Waals surface area (Å²) in [6.07, 6.45) is 0. The predicted molar refractivity (Wildman–Crippen MR) is 96.8 cm³/mol. The molecule has 9 nitrogen and oxygen atoms in total. The molecular formula is C20H15N3O6. The van der Waals surface area contributed by atoms with Gasteiger partial charge in [0.05, 0.1) is 18.6 Å². The lowest BCUT2D eigenvalue weighted by molar-refractivity contribution is -0.141. The van der Waals surface area contributed by atoms with Gasteiger partial charge >= 0.3 is 5.97 Å². The van der Waals surface area contributed by atoms with E-state index in [9.17, 15) is 4.79 Å². The molecule has 0 aromatic heterocycles. The number of carbonyl (C=O) groups is 1. The summed E-state index contributed by atoms with van der Waals surface area (Å²) in [7, 11) is 0. The summed E-state index contributed by atoms with van der Waals surface area (Å²) in [6, 6.07) is 8.90. The average molecular weight is 393 g/mol. The third-order valence-electron chi connectivity index (χ3n) is 6.08. The number of hydrogen-bond donors (Lipinski definition) is 0. The highest BCUT2D eigenvalue weighted by Crippen LogP contribution is 2.55. The van der Waals surface area contributed by atoms with Crippen molar-refractivity contribution in [1.82, 2.24) is 0 Å². The zero-order valence-electron chi connectivity index (χ0n) is 15.1. The van der Waals surface area contributed by atoms with Gasteiger partial charge in [-0.15, -0.1) is 0 Å². The van der Waals surface area contributed by atoms with E-state index in [-0.39, 0.29) is 38.0 Å². The largest absolute Gasteiger partial charge is 0.465 e. The zero-order chi connectivity index (χ0) is 19.5. The van der Waals surface area contributed by atoms with E-state index in [0.717, 1.165) is 16.7 Å². The third-order valence-corrected chi connectivity index (χ3v) is 6.08. The van der Waals surface area contributed by atoms with Gasteiger partial charge in [-0.1, -0.05) is 11.2 Å². The molecule has 0 radical (unpaired) electrons. The minimum Gasteiger partial charge on any atom is -0.465 e. The number of cyclic esters (lactones) is 1. The molecular weight excluding hydrogens is 378 g/mol. The van der Waals surface area contributed by atoms with Crippen molar-refractivity contribution in [2.75, 3.05) is 20.2 Å². The Kier molecular flexibility index (Phi) is 3.36. The third kappa shape index (κ3) is 2.28. The summed E-state index contributed by atoms with van der Waals surface area (Å²) >= 11 is 0. The van der Waals surface area contributed by atoms with Gasteiger partial charge in [0.2, 0.25) is 13.6 Å². The summed E-state index contributed by atoms with van der Waals surface area (Å²) in [5.74, 6) is 1.21. The molecule has 0 spiro atoms. The van der Waals surface area contributed by atoms with Crippen molar-refractivity contribution >= 4 is 5.97 Å². The van der Waals surface area contributed by atoms with Crippen LogP contribution in [0, 0.1) is 11.8 Å². The fourth-order valence-corrected chi connectivity index (χ4v) is 4.84. The Bertz CT molecular complexity index is 1100. The molecule has 3 heterocycles. The maximum absolute atomic E-state index is 12.8. The van der Waals surface area contributed by atoms with Gasteiger partial charge in [-0.05, 0) is 46.5 Å². The lowest BCUT2D eigenvalue weighted by atomic mass is 9.65. The van der Waals surface area contributed by atoms with Gasteiger partial charge in [-0.2, -0.15) is 0 Å². The van der Waals surface area contributed by atoms with E-state index in [2.05, 4.69) is 10.0 Å². The second kappa shape index (κ2) is 5.96. The molecule has 0 unspecified atom stereocenters. The highest BCUT2D eigenvalue weighted by atomic mass is 16.7. The summed E-state index contributed by atoms with van der Waals surface area (Å²) in [6.45, 7) is 0.516. The molecule has 0 amide bonds. The lowest BCUT2D eigenvalue weighted by Crippen LogP contribution is -2.34. The van der Waals surface area contributed by atoms with Gasteiger partial charge in [-0.25, -0.2) is 0 Å². The number of ether oxygens (including phenoxy) is 5. The zero-order valence-corrected chi connectivity index (χ0v) is 15.1. The number of nitrogens with zero attached hydrogens (tertiary/aromatic N) is 3. The van der Waals surface area contributed by atoms with Crippen molar-refractivity contribution in [2.45, 2.75) is 12.0 Å². The average Bonchev–Trinajstić information content (AvgIpc) is 3.46. The van der Waals surface area contributed by atoms with Crippen molar-refractivity contribution in [2.24, 2.45) is 17.0 Å². The first-order chi connectivity index (χ1) is 14.2. The van der Waals surface area contributed by atoms with Crippen LogP contribution in [0.5, 0.6) is 23.0 Å². The Morgan fingerprint density at radius 2 is 1.59 bits per heavy atom. The first-order valence-electron chi connectivity index (χ1n) is 9.28. The highest BCUT2D eigenvalue weighted by molar-refractivity contribution is 5.79. The molecule has 0 saturated carbocycles. The van der Waals surface area contributed by atoms with Crippen molar-refractivity contribution < 1.29 is 28.5 Å². The Morgan fingerprint density at radius 1 is 0.897 bits per heavy atom. The maximum atomic E-state index is 12.8. The van der Waals surface area contributed by atoms with Gasteiger partial charge in [-0.3, -0.25) is 4.79 Å². The molecule has 0 N–H and O–H groups in total.